The van der Waals surface area contributed by atoms with E-state index >= 15 is 0 Å². The van der Waals surface area contributed by atoms with Crippen LogP contribution in [0.5, 0.6) is 0 Å². The molecule has 0 saturated carbocycles. The van der Waals surface area contributed by atoms with Gasteiger partial charge < -0.3 is 5.32 Å². The number of halogens is 5. The van der Waals surface area contributed by atoms with Crippen molar-refractivity contribution in [1.82, 2.24) is 5.32 Å². The normalized spacial score (nSPS) is 12.9. The number of carbonyl (C=O) groups is 1. The van der Waals surface area contributed by atoms with Gasteiger partial charge in [0.15, 0.2) is 0 Å². The summed E-state index contributed by atoms with van der Waals surface area (Å²) in [5.74, 6) is -0.146. The minimum absolute atomic E-state index is 0.146. The van der Waals surface area contributed by atoms with E-state index in [1.54, 1.807) is 24.3 Å². The van der Waals surface area contributed by atoms with Crippen LogP contribution in [0.1, 0.15) is 48.9 Å². The Balaban J connectivity index is 2.05. The minimum Gasteiger partial charge on any atom is -0.352 e. The summed E-state index contributed by atoms with van der Waals surface area (Å²) in [6.07, 6.45) is -1.09. The van der Waals surface area contributed by atoms with E-state index in [1.165, 1.54) is 0 Å². The lowest BCUT2D eigenvalue weighted by Gasteiger charge is -2.12. The maximum atomic E-state index is 12.1. The lowest BCUT2D eigenvalue weighted by atomic mass is 10.1. The zero-order chi connectivity index (χ0) is 17.3. The summed E-state index contributed by atoms with van der Waals surface area (Å²) in [5, 5.41) is 3.39. The van der Waals surface area contributed by atoms with Crippen molar-refractivity contribution >= 4 is 33.4 Å². The van der Waals surface area contributed by atoms with E-state index < -0.39 is 17.4 Å². The van der Waals surface area contributed by atoms with E-state index in [2.05, 4.69) is 21.2 Å². The highest BCUT2D eigenvalue weighted by molar-refractivity contribution is 9.09. The van der Waals surface area contributed by atoms with Crippen LogP contribution >= 0.6 is 27.5 Å². The summed E-state index contributed by atoms with van der Waals surface area (Å²) < 4.78 is 36.4. The fraction of sp³-hybridized carbons (Fsp3) is 0.562. The third-order valence-electron chi connectivity index (χ3n) is 3.29. The Morgan fingerprint density at radius 3 is 2.35 bits per heavy atom. The maximum Gasteiger partial charge on any atom is 0.390 e. The molecule has 0 heterocycles. The number of hydrogen-bond donors (Lipinski definition) is 1. The van der Waals surface area contributed by atoms with Crippen LogP contribution in [0.25, 0.3) is 0 Å². The molecule has 0 aliphatic carbocycles. The van der Waals surface area contributed by atoms with Crippen LogP contribution in [-0.4, -0.2) is 23.5 Å². The Kier molecular flexibility index (Phi) is 8.99. The molecule has 0 fully saturated rings. The molecule has 0 aliphatic rings. The largest absolute Gasteiger partial charge is 0.390 e. The standard InChI is InChI=1S/C16H20BrClF3NO/c17-13(11-16(19,20)21)5-3-1-2-4-10-22-15(23)12-6-8-14(18)9-7-12/h6-9,13H,1-5,10-11H2,(H,22,23). The van der Waals surface area contributed by atoms with Gasteiger partial charge in [0.25, 0.3) is 5.91 Å². The van der Waals surface area contributed by atoms with E-state index in [0.717, 1.165) is 25.7 Å². The molecule has 1 N–H and O–H groups in total. The van der Waals surface area contributed by atoms with E-state index in [0.29, 0.717) is 23.6 Å². The number of nitrogens with one attached hydrogen (secondary N) is 1. The summed E-state index contributed by atoms with van der Waals surface area (Å²) in [7, 11) is 0. The molecule has 1 unspecified atom stereocenters. The molecule has 2 nitrogen and oxygen atoms in total. The maximum absolute atomic E-state index is 12.1. The van der Waals surface area contributed by atoms with Gasteiger partial charge in [0.05, 0.1) is 6.42 Å². The number of benzene rings is 1. The highest BCUT2D eigenvalue weighted by Crippen LogP contribution is 2.27. The average Bonchev–Trinajstić information content (AvgIpc) is 2.45. The average molecular weight is 415 g/mol. The predicted molar refractivity (Wildman–Crippen MR) is 90.3 cm³/mol. The fourth-order valence-corrected chi connectivity index (χ4v) is 2.92. The molecule has 130 valence electrons. The lowest BCUT2D eigenvalue weighted by molar-refractivity contribution is -0.134. The highest BCUT2D eigenvalue weighted by atomic mass is 79.9. The van der Waals surface area contributed by atoms with Crippen molar-refractivity contribution in [2.45, 2.75) is 49.5 Å². The second-order valence-corrected chi connectivity index (χ2v) is 7.11. The summed E-state index contributed by atoms with van der Waals surface area (Å²) >= 11 is 8.81. The van der Waals surface area contributed by atoms with Crippen LogP contribution in [0.3, 0.4) is 0 Å². The Labute approximate surface area is 147 Å². The van der Waals surface area contributed by atoms with Crippen LogP contribution in [0, 0.1) is 0 Å². The second kappa shape index (κ2) is 10.2. The van der Waals surface area contributed by atoms with Crippen LogP contribution in [0.4, 0.5) is 13.2 Å². The minimum atomic E-state index is -4.11. The van der Waals surface area contributed by atoms with Crippen molar-refractivity contribution in [2.24, 2.45) is 0 Å². The number of amides is 1. The number of unbranched alkanes of at least 4 members (excludes halogenated alkanes) is 3. The van der Waals surface area contributed by atoms with Crippen LogP contribution < -0.4 is 5.32 Å². The van der Waals surface area contributed by atoms with Crippen LogP contribution in [-0.2, 0) is 0 Å². The first-order valence-corrected chi connectivity index (χ1v) is 8.82. The van der Waals surface area contributed by atoms with Gasteiger partial charge in [-0.05, 0) is 37.1 Å². The molecule has 1 aromatic rings. The molecule has 1 atom stereocenters. The first kappa shape index (κ1) is 20.3. The quantitative estimate of drug-likeness (QED) is 0.405. The van der Waals surface area contributed by atoms with Crippen LogP contribution in [0.2, 0.25) is 5.02 Å². The van der Waals surface area contributed by atoms with Crippen molar-refractivity contribution in [1.29, 1.82) is 0 Å². The van der Waals surface area contributed by atoms with Gasteiger partial charge in [-0.1, -0.05) is 46.8 Å². The van der Waals surface area contributed by atoms with Gasteiger partial charge >= 0.3 is 6.18 Å². The lowest BCUT2D eigenvalue weighted by Crippen LogP contribution is -2.24. The Hall–Kier alpha value is -0.750. The van der Waals surface area contributed by atoms with Crippen molar-refractivity contribution < 1.29 is 18.0 Å². The van der Waals surface area contributed by atoms with Gasteiger partial charge in [-0.3, -0.25) is 4.79 Å². The molecule has 0 spiro atoms. The topological polar surface area (TPSA) is 29.1 Å². The van der Waals surface area contributed by atoms with Gasteiger partial charge in [0.2, 0.25) is 0 Å². The third kappa shape index (κ3) is 9.87. The van der Waals surface area contributed by atoms with Gasteiger partial charge in [-0.2, -0.15) is 13.2 Å². The molecular formula is C16H20BrClF3NO. The van der Waals surface area contributed by atoms with Gasteiger partial charge in [-0.15, -0.1) is 0 Å². The monoisotopic (exact) mass is 413 g/mol. The summed E-state index contributed by atoms with van der Waals surface area (Å²) in [6, 6.07) is 6.64. The van der Waals surface area contributed by atoms with Gasteiger partial charge in [-0.25, -0.2) is 0 Å². The Morgan fingerprint density at radius 2 is 1.74 bits per heavy atom. The smallest absolute Gasteiger partial charge is 0.352 e. The molecule has 1 rings (SSSR count). The molecule has 0 radical (unpaired) electrons. The summed E-state index contributed by atoms with van der Waals surface area (Å²) in [4.78, 5) is 11.3. The van der Waals surface area contributed by atoms with Crippen molar-refractivity contribution in [3.63, 3.8) is 0 Å². The molecular weight excluding hydrogens is 395 g/mol. The molecule has 0 aliphatic heterocycles. The summed E-state index contributed by atoms with van der Waals surface area (Å²) in [5.41, 5.74) is 0.559. The Morgan fingerprint density at radius 1 is 1.13 bits per heavy atom. The zero-order valence-electron chi connectivity index (χ0n) is 12.6. The van der Waals surface area contributed by atoms with Crippen molar-refractivity contribution in [3.8, 4) is 0 Å². The molecule has 1 aromatic carbocycles. The highest BCUT2D eigenvalue weighted by Gasteiger charge is 2.30. The number of carbonyl (C=O) groups excluding carboxylic acids is 1. The summed E-state index contributed by atoms with van der Waals surface area (Å²) in [6.45, 7) is 0.557. The van der Waals surface area contributed by atoms with Gasteiger partial charge in [0.1, 0.15) is 0 Å². The predicted octanol–water partition coefficient (Wildman–Crippen LogP) is 5.74. The Bertz CT molecular complexity index is 479. The van der Waals surface area contributed by atoms with E-state index in [9.17, 15) is 18.0 Å². The molecule has 0 saturated heterocycles. The second-order valence-electron chi connectivity index (χ2n) is 5.38. The zero-order valence-corrected chi connectivity index (χ0v) is 15.0. The number of rotatable bonds is 9. The molecule has 23 heavy (non-hydrogen) atoms. The van der Waals surface area contributed by atoms with Crippen molar-refractivity contribution in [2.75, 3.05) is 6.54 Å². The first-order chi connectivity index (χ1) is 10.8. The number of hydrogen-bond acceptors (Lipinski definition) is 1. The molecule has 0 bridgehead atoms. The van der Waals surface area contributed by atoms with E-state index in [-0.39, 0.29) is 5.91 Å². The first-order valence-electron chi connectivity index (χ1n) is 7.52. The third-order valence-corrected chi connectivity index (χ3v) is 4.32. The van der Waals surface area contributed by atoms with Crippen LogP contribution in [0.15, 0.2) is 24.3 Å². The van der Waals surface area contributed by atoms with E-state index in [4.69, 9.17) is 11.6 Å². The molecule has 1 amide bonds. The van der Waals surface area contributed by atoms with E-state index in [1.807, 2.05) is 0 Å². The fourth-order valence-electron chi connectivity index (χ4n) is 2.10. The molecule has 7 heteroatoms. The molecule has 0 aromatic heterocycles. The van der Waals surface area contributed by atoms with Gasteiger partial charge in [0, 0.05) is 22.0 Å². The van der Waals surface area contributed by atoms with Crippen molar-refractivity contribution in [3.05, 3.63) is 34.9 Å². The number of alkyl halides is 4. The SMILES string of the molecule is O=C(NCCCCCCC(Br)CC(F)(F)F)c1ccc(Cl)cc1.